The molecule has 4 aromatic carbocycles. The molecule has 0 unspecified atom stereocenters. The fraction of sp³-hybridized carbons (Fsp3) is 0.368. The number of nitrogens with one attached hydrogen (secondary N) is 1. The molecule has 6 aromatic rings. The number of aryl methyl sites for hydroxylation is 1. The van der Waals surface area contributed by atoms with Crippen molar-refractivity contribution in [3.05, 3.63) is 148 Å². The number of phenolic OH excluding ortho intramolecular Hbond substituents is 1. The first-order valence-electron chi connectivity index (χ1n) is 24.9. The largest absolute Gasteiger partial charge is 0.508 e. The normalized spacial score (nSPS) is 18.3. The van der Waals surface area contributed by atoms with E-state index in [1.54, 1.807) is 58.8 Å². The van der Waals surface area contributed by atoms with Gasteiger partial charge in [0.15, 0.2) is 11.3 Å². The Balaban J connectivity index is 0.767. The summed E-state index contributed by atoms with van der Waals surface area (Å²) in [5.74, 6) is 0.220. The van der Waals surface area contributed by atoms with E-state index in [0.29, 0.717) is 55.5 Å². The van der Waals surface area contributed by atoms with Crippen molar-refractivity contribution in [2.24, 2.45) is 10.9 Å². The standard InChI is InChI=1S/C57H64N6O9S/c1-7-46(38-12-9-8-10-13-38)52(39-17-23-43(64)24-18-39)40-19-25-45(26-20-40)70-29-27-62(6)50(66)14-11-28-69-30-31-71-49-33-48(72-61-49)51(36(2)3)55(67)63-34-44(65)32-47(63)54-59-56(68)57(5,60-54)42-21-15-41(16-22-42)53-37(4)58-35-73-53/h8-10,12-13,15-26,33,35-36,44,47,51,64-65H,7,11,14,27-32,34H2,1-6H3,(H,59,60,68)/b52-46+/t44-,47+,51-,57+/m1/s1. The molecule has 2 aromatic heterocycles. The minimum absolute atomic E-state index is 0.0155. The van der Waals surface area contributed by atoms with Crippen molar-refractivity contribution in [2.75, 3.05) is 46.6 Å². The number of aromatic nitrogens is 2. The molecule has 16 heteroatoms. The maximum absolute atomic E-state index is 14.4. The van der Waals surface area contributed by atoms with Crippen molar-refractivity contribution in [3.8, 4) is 27.8 Å². The van der Waals surface area contributed by atoms with Crippen LogP contribution in [0.25, 0.3) is 21.6 Å². The Labute approximate surface area is 430 Å². The molecule has 3 amide bonds. The Bertz CT molecular complexity index is 2900. The van der Waals surface area contributed by atoms with E-state index in [0.717, 1.165) is 44.8 Å². The molecule has 73 heavy (non-hydrogen) atoms. The van der Waals surface area contributed by atoms with Gasteiger partial charge in [-0.1, -0.05) is 99.6 Å². The number of thiazole rings is 1. The van der Waals surface area contributed by atoms with Crippen molar-refractivity contribution < 1.29 is 43.3 Å². The highest BCUT2D eigenvalue weighted by Gasteiger charge is 2.48. The monoisotopic (exact) mass is 1010 g/mol. The van der Waals surface area contributed by atoms with Gasteiger partial charge in [0, 0.05) is 39.1 Å². The van der Waals surface area contributed by atoms with Crippen LogP contribution in [0.3, 0.4) is 0 Å². The fourth-order valence-electron chi connectivity index (χ4n) is 9.43. The van der Waals surface area contributed by atoms with Gasteiger partial charge in [0.1, 0.15) is 36.5 Å². The lowest BCUT2D eigenvalue weighted by atomic mass is 9.88. The zero-order chi connectivity index (χ0) is 51.6. The quantitative estimate of drug-likeness (QED) is 0.0435. The van der Waals surface area contributed by atoms with Gasteiger partial charge < -0.3 is 44.1 Å². The molecular weight excluding hydrogens is 945 g/mol. The highest BCUT2D eigenvalue weighted by Crippen LogP contribution is 2.38. The SMILES string of the molecule is CC/C(=C(/c1ccc(O)cc1)c1ccc(OCCN(C)C(=O)CCCOCCOc2cc([C@H](C(=O)N3C[C@H](O)C[C@H]3C3=N[C@@](C)(c4ccc(-c5scnc5C)cc4)C(=O)N3)C(C)C)on2)cc1)c1ccccc1. The Morgan fingerprint density at radius 2 is 1.64 bits per heavy atom. The van der Waals surface area contributed by atoms with Gasteiger partial charge in [0.25, 0.3) is 11.8 Å². The van der Waals surface area contributed by atoms with E-state index < -0.39 is 23.6 Å². The van der Waals surface area contributed by atoms with Crippen LogP contribution in [-0.2, 0) is 24.7 Å². The number of aliphatic hydroxyl groups is 1. The molecule has 382 valence electrons. The van der Waals surface area contributed by atoms with Crippen LogP contribution in [0.5, 0.6) is 17.4 Å². The molecule has 4 atom stereocenters. The lowest BCUT2D eigenvalue weighted by Crippen LogP contribution is -2.48. The predicted octanol–water partition coefficient (Wildman–Crippen LogP) is 9.04. The number of aliphatic imine (C=N–C) groups is 1. The number of carbonyl (C=O) groups is 3. The first-order chi connectivity index (χ1) is 35.2. The van der Waals surface area contributed by atoms with Gasteiger partial charge in [-0.25, -0.2) is 9.98 Å². The van der Waals surface area contributed by atoms with Crippen LogP contribution in [-0.4, -0.2) is 112 Å². The predicted molar refractivity (Wildman–Crippen MR) is 281 cm³/mol. The van der Waals surface area contributed by atoms with Crippen molar-refractivity contribution >= 4 is 46.0 Å². The molecule has 2 aliphatic heterocycles. The molecular formula is C57H64N6O9S. The van der Waals surface area contributed by atoms with Gasteiger partial charge in [-0.15, -0.1) is 11.3 Å². The number of rotatable bonds is 22. The summed E-state index contributed by atoms with van der Waals surface area (Å²) >= 11 is 1.56. The minimum Gasteiger partial charge on any atom is -0.508 e. The molecule has 15 nitrogen and oxygen atoms in total. The van der Waals surface area contributed by atoms with E-state index in [1.807, 2.05) is 99.6 Å². The zero-order valence-electron chi connectivity index (χ0n) is 42.2. The molecule has 4 heterocycles. The van der Waals surface area contributed by atoms with Crippen LogP contribution in [0.1, 0.15) is 93.0 Å². The summed E-state index contributed by atoms with van der Waals surface area (Å²) < 4.78 is 23.3. The highest BCUT2D eigenvalue weighted by molar-refractivity contribution is 7.13. The van der Waals surface area contributed by atoms with Crippen molar-refractivity contribution in [2.45, 2.75) is 83.9 Å². The maximum atomic E-state index is 14.4. The number of benzene rings is 4. The summed E-state index contributed by atoms with van der Waals surface area (Å²) in [6.07, 6.45) is 1.07. The topological polar surface area (TPSA) is 189 Å². The number of amides is 3. The van der Waals surface area contributed by atoms with Crippen LogP contribution in [0.2, 0.25) is 0 Å². The Hall–Kier alpha value is -7.14. The van der Waals surface area contributed by atoms with Gasteiger partial charge in [-0.2, -0.15) is 0 Å². The average Bonchev–Trinajstić information content (AvgIpc) is 4.20. The molecule has 3 N–H and O–H groups in total. The van der Waals surface area contributed by atoms with Crippen LogP contribution in [0.15, 0.2) is 124 Å². The van der Waals surface area contributed by atoms with Gasteiger partial charge in [0.05, 0.1) is 41.4 Å². The highest BCUT2D eigenvalue weighted by atomic mass is 32.1. The van der Waals surface area contributed by atoms with E-state index in [4.69, 9.17) is 23.7 Å². The van der Waals surface area contributed by atoms with E-state index in [-0.39, 0.29) is 61.4 Å². The third-order valence-electron chi connectivity index (χ3n) is 13.5. The molecule has 0 aliphatic carbocycles. The maximum Gasteiger partial charge on any atom is 0.257 e. The van der Waals surface area contributed by atoms with Gasteiger partial charge >= 0.3 is 0 Å². The molecule has 2 aliphatic rings. The second kappa shape index (κ2) is 23.6. The number of likely N-dealkylation sites (N-methyl/N-ethyl adjacent to an activating group) is 1. The summed E-state index contributed by atoms with van der Waals surface area (Å²) in [4.78, 5) is 54.3. The van der Waals surface area contributed by atoms with Gasteiger partial charge in [0.2, 0.25) is 11.8 Å². The van der Waals surface area contributed by atoms with Gasteiger partial charge in [-0.3, -0.25) is 14.4 Å². The Morgan fingerprint density at radius 3 is 2.32 bits per heavy atom. The number of carbonyl (C=O) groups excluding carboxylic acids is 3. The summed E-state index contributed by atoms with van der Waals surface area (Å²) in [7, 11) is 1.76. The number of amidine groups is 1. The van der Waals surface area contributed by atoms with Crippen molar-refractivity contribution in [1.82, 2.24) is 25.3 Å². The van der Waals surface area contributed by atoms with E-state index >= 15 is 0 Å². The smallest absolute Gasteiger partial charge is 0.257 e. The molecule has 1 fully saturated rings. The van der Waals surface area contributed by atoms with E-state index in [2.05, 4.69) is 34.5 Å². The number of nitrogens with zero attached hydrogens (tertiary/aromatic N) is 5. The number of hydrogen-bond acceptors (Lipinski definition) is 13. The van der Waals surface area contributed by atoms with Gasteiger partial charge in [-0.05, 0) is 101 Å². The van der Waals surface area contributed by atoms with Crippen molar-refractivity contribution in [1.29, 1.82) is 0 Å². The molecule has 0 radical (unpaired) electrons. The molecule has 0 saturated carbocycles. The summed E-state index contributed by atoms with van der Waals surface area (Å²) in [5, 5.41) is 27.8. The number of aliphatic hydroxyl groups excluding tert-OH is 1. The van der Waals surface area contributed by atoms with E-state index in [1.165, 1.54) is 5.57 Å². The first kappa shape index (κ1) is 52.2. The molecule has 1 saturated heterocycles. The number of likely N-dealkylation sites (tertiary alicyclic amines) is 1. The third kappa shape index (κ3) is 12.2. The first-order valence-corrected chi connectivity index (χ1v) is 25.7. The molecule has 0 bridgehead atoms. The fourth-order valence-corrected chi connectivity index (χ4v) is 10.2. The number of aromatic hydroxyl groups is 1. The lowest BCUT2D eigenvalue weighted by Gasteiger charge is -2.29. The Kier molecular flexibility index (Phi) is 16.9. The third-order valence-corrected chi connectivity index (χ3v) is 14.4. The lowest BCUT2D eigenvalue weighted by molar-refractivity contribution is -0.134. The number of ether oxygens (including phenoxy) is 3. The van der Waals surface area contributed by atoms with Crippen LogP contribution < -0.4 is 14.8 Å². The summed E-state index contributed by atoms with van der Waals surface area (Å²) in [5.41, 5.74) is 8.71. The van der Waals surface area contributed by atoms with Crippen LogP contribution >= 0.6 is 11.3 Å². The summed E-state index contributed by atoms with van der Waals surface area (Å²) in [6.45, 7) is 11.3. The number of phenols is 1. The number of β-amino-alcohol motifs (C(OH)–C–C–N with tert-alkyl or cyclic N) is 1. The second-order valence-corrected chi connectivity index (χ2v) is 19.8. The minimum atomic E-state index is -1.22. The number of hydrogen-bond donors (Lipinski definition) is 3. The Morgan fingerprint density at radius 1 is 0.932 bits per heavy atom. The second-order valence-electron chi connectivity index (χ2n) is 18.9. The number of allylic oxidation sites excluding steroid dienone is 1. The summed E-state index contributed by atoms with van der Waals surface area (Å²) in [6, 6.07) is 34.2. The van der Waals surface area contributed by atoms with Crippen LogP contribution in [0, 0.1) is 12.8 Å². The van der Waals surface area contributed by atoms with Crippen LogP contribution in [0.4, 0.5) is 0 Å². The average molecular weight is 1010 g/mol. The van der Waals surface area contributed by atoms with E-state index in [9.17, 15) is 24.6 Å². The molecule has 8 rings (SSSR count). The van der Waals surface area contributed by atoms with Crippen molar-refractivity contribution in [3.63, 3.8) is 0 Å². The molecule has 0 spiro atoms. The zero-order valence-corrected chi connectivity index (χ0v) is 43.1.